The molecule has 2 aliphatic heterocycles. The first kappa shape index (κ1) is 25.0. The fraction of sp³-hybridized carbons (Fsp3) is 0.147. The van der Waals surface area contributed by atoms with Gasteiger partial charge in [-0.1, -0.05) is 102 Å². The molecule has 2 heterocycles. The highest BCUT2D eigenvalue weighted by atomic mass is 35.5. The highest BCUT2D eigenvalue weighted by Gasteiger charge is 2.71. The topological polar surface area (TPSA) is 54.5 Å². The van der Waals surface area contributed by atoms with E-state index in [1.54, 1.807) is 42.5 Å². The number of aryl methyl sites for hydroxylation is 1. The van der Waals surface area contributed by atoms with Crippen LogP contribution < -0.4 is 4.90 Å². The molecule has 3 atom stereocenters. The molecular weight excluding hydrogens is 541 g/mol. The Balaban J connectivity index is 1.54. The largest absolute Gasteiger partial charge is 0.352 e. The summed E-state index contributed by atoms with van der Waals surface area (Å²) in [6.07, 6.45) is 3.80. The van der Waals surface area contributed by atoms with E-state index >= 15 is 0 Å². The first-order valence-electron chi connectivity index (χ1n) is 13.1. The summed E-state index contributed by atoms with van der Waals surface area (Å²) in [6, 6.07) is 25.5. The smallest absolute Gasteiger partial charge is 0.185 e. The van der Waals surface area contributed by atoms with Gasteiger partial charge in [-0.3, -0.25) is 14.4 Å². The van der Waals surface area contributed by atoms with Crippen LogP contribution in [0.4, 0.5) is 5.69 Å². The molecule has 1 fully saturated rings. The molecule has 0 radical (unpaired) electrons. The zero-order chi connectivity index (χ0) is 27.8. The van der Waals surface area contributed by atoms with Gasteiger partial charge >= 0.3 is 0 Å². The molecular formula is C34H23Cl2NO3. The third kappa shape index (κ3) is 3.36. The van der Waals surface area contributed by atoms with Crippen LogP contribution in [0, 0.1) is 12.3 Å². The fourth-order valence-electron chi connectivity index (χ4n) is 6.88. The van der Waals surface area contributed by atoms with Crippen LogP contribution in [0.25, 0.3) is 6.08 Å². The van der Waals surface area contributed by atoms with Crippen molar-refractivity contribution < 1.29 is 14.4 Å². The number of hydrogen-bond acceptors (Lipinski definition) is 4. The summed E-state index contributed by atoms with van der Waals surface area (Å²) in [6.45, 7) is 1.97. The van der Waals surface area contributed by atoms with Crippen molar-refractivity contribution in [2.45, 2.75) is 24.9 Å². The minimum absolute atomic E-state index is 0.158. The van der Waals surface area contributed by atoms with Gasteiger partial charge in [0.25, 0.3) is 0 Å². The van der Waals surface area contributed by atoms with Crippen LogP contribution in [0.2, 0.25) is 10.0 Å². The Morgan fingerprint density at radius 2 is 1.43 bits per heavy atom. The van der Waals surface area contributed by atoms with E-state index in [1.807, 2.05) is 72.5 Å². The summed E-state index contributed by atoms with van der Waals surface area (Å²) in [5.74, 6) is -1.45. The normalized spacial score (nSPS) is 21.9. The monoisotopic (exact) mass is 563 g/mol. The van der Waals surface area contributed by atoms with Gasteiger partial charge in [-0.2, -0.15) is 0 Å². The fourth-order valence-corrected chi connectivity index (χ4v) is 7.19. The lowest BCUT2D eigenvalue weighted by atomic mass is 9.64. The van der Waals surface area contributed by atoms with Crippen LogP contribution >= 0.6 is 23.2 Å². The van der Waals surface area contributed by atoms with Gasteiger partial charge in [0.15, 0.2) is 17.3 Å². The van der Waals surface area contributed by atoms with Gasteiger partial charge in [0, 0.05) is 38.3 Å². The first-order valence-corrected chi connectivity index (χ1v) is 13.9. The molecule has 0 aromatic heterocycles. The van der Waals surface area contributed by atoms with E-state index in [-0.39, 0.29) is 17.3 Å². The van der Waals surface area contributed by atoms with Crippen molar-refractivity contribution in [1.29, 1.82) is 0 Å². The Morgan fingerprint density at radius 3 is 2.08 bits per heavy atom. The molecule has 3 aliphatic rings. The van der Waals surface area contributed by atoms with E-state index in [9.17, 15) is 14.4 Å². The molecule has 0 unspecified atom stereocenters. The van der Waals surface area contributed by atoms with Gasteiger partial charge in [-0.25, -0.2) is 0 Å². The van der Waals surface area contributed by atoms with Crippen LogP contribution in [0.15, 0.2) is 97.1 Å². The summed E-state index contributed by atoms with van der Waals surface area (Å²) in [4.78, 5) is 45.8. The van der Waals surface area contributed by atoms with Crippen LogP contribution in [0.5, 0.6) is 0 Å². The quantitative estimate of drug-likeness (QED) is 0.190. The molecule has 1 spiro atoms. The molecule has 196 valence electrons. The number of halogens is 2. The van der Waals surface area contributed by atoms with Gasteiger partial charge in [0.1, 0.15) is 11.5 Å². The molecule has 0 N–H and O–H groups in total. The molecule has 6 heteroatoms. The molecule has 40 heavy (non-hydrogen) atoms. The number of Topliss-reactive ketones (excluding diaryl/α,β-unsaturated/α-hetero) is 3. The van der Waals surface area contributed by atoms with E-state index in [4.69, 9.17) is 23.2 Å². The Kier molecular flexibility index (Phi) is 5.64. The van der Waals surface area contributed by atoms with E-state index in [2.05, 4.69) is 0 Å². The van der Waals surface area contributed by atoms with Crippen molar-refractivity contribution in [1.82, 2.24) is 0 Å². The lowest BCUT2D eigenvalue weighted by Crippen LogP contribution is -2.48. The molecule has 7 rings (SSSR count). The predicted octanol–water partition coefficient (Wildman–Crippen LogP) is 7.62. The van der Waals surface area contributed by atoms with E-state index < -0.39 is 23.4 Å². The summed E-state index contributed by atoms with van der Waals surface area (Å²) < 4.78 is 0. The number of anilines is 1. The number of fused-ring (bicyclic) bond motifs is 5. The van der Waals surface area contributed by atoms with Crippen molar-refractivity contribution in [3.8, 4) is 0 Å². The van der Waals surface area contributed by atoms with Crippen molar-refractivity contribution in [2.75, 3.05) is 4.90 Å². The van der Waals surface area contributed by atoms with Gasteiger partial charge < -0.3 is 4.90 Å². The van der Waals surface area contributed by atoms with E-state index in [0.29, 0.717) is 32.3 Å². The third-order valence-electron chi connectivity index (χ3n) is 8.60. The summed E-state index contributed by atoms with van der Waals surface area (Å²) in [7, 11) is 0. The second kappa shape index (κ2) is 9.02. The molecule has 1 saturated heterocycles. The lowest BCUT2D eigenvalue weighted by molar-refractivity contribution is 0.0666. The number of ketones is 3. The minimum atomic E-state index is -1.55. The van der Waals surface area contributed by atoms with Crippen LogP contribution in [0.1, 0.15) is 53.7 Å². The number of nitrogens with zero attached hydrogens (tertiary/aromatic N) is 1. The first-order chi connectivity index (χ1) is 19.3. The number of rotatable bonds is 3. The average Bonchev–Trinajstić information content (AvgIpc) is 3.39. The summed E-state index contributed by atoms with van der Waals surface area (Å²) in [5, 5.41) is 1.09. The standard InChI is InChI=1S/C34H23Cl2NO3/c1-19-6-8-21(9-7-19)31(38)30-29(20-10-13-23(35)14-11-20)34(32(39)25-4-2-3-5-26(25)33(34)40)28-17-12-22-18-24(36)15-16-27(22)37(28)30/h2-18,28-30H,1H3/t28-,29-,30-/m0/s1. The molecule has 4 aromatic carbocycles. The number of hydrogen-bond donors (Lipinski definition) is 0. The Morgan fingerprint density at radius 1 is 0.800 bits per heavy atom. The van der Waals surface area contributed by atoms with Gasteiger partial charge in [0.05, 0.1) is 6.04 Å². The molecule has 1 aliphatic carbocycles. The lowest BCUT2D eigenvalue weighted by Gasteiger charge is -2.37. The van der Waals surface area contributed by atoms with E-state index in [1.165, 1.54) is 0 Å². The van der Waals surface area contributed by atoms with Crippen LogP contribution in [-0.4, -0.2) is 29.4 Å². The van der Waals surface area contributed by atoms with Crippen molar-refractivity contribution >= 4 is 52.3 Å². The van der Waals surface area contributed by atoms with Crippen molar-refractivity contribution in [3.63, 3.8) is 0 Å². The molecule has 0 amide bonds. The molecule has 0 saturated carbocycles. The SMILES string of the molecule is Cc1ccc(C(=O)[C@@H]2[C@H](c3ccc(Cl)cc3)C3(C(=O)c4ccccc4C3=O)[C@@H]3C=Cc4cc(Cl)ccc4N23)cc1. The Hall–Kier alpha value is -3.99. The maximum atomic E-state index is 14.6. The highest BCUT2D eigenvalue weighted by molar-refractivity contribution is 6.33. The second-order valence-electron chi connectivity index (χ2n) is 10.7. The third-order valence-corrected chi connectivity index (χ3v) is 9.09. The minimum Gasteiger partial charge on any atom is -0.352 e. The average molecular weight is 564 g/mol. The maximum absolute atomic E-state index is 14.6. The molecule has 0 bridgehead atoms. The maximum Gasteiger partial charge on any atom is 0.185 e. The Bertz CT molecular complexity index is 1720. The summed E-state index contributed by atoms with van der Waals surface area (Å²) in [5.41, 5.74) is 3.09. The molecule has 4 aromatic rings. The predicted molar refractivity (Wildman–Crippen MR) is 158 cm³/mol. The number of carbonyl (C=O) groups excluding carboxylic acids is 3. The second-order valence-corrected chi connectivity index (χ2v) is 11.6. The van der Waals surface area contributed by atoms with Crippen molar-refractivity contribution in [2.24, 2.45) is 5.41 Å². The number of benzene rings is 4. The Labute approximate surface area is 241 Å². The highest BCUT2D eigenvalue weighted by Crippen LogP contribution is 2.61. The zero-order valence-corrected chi connectivity index (χ0v) is 23.0. The number of carbonyl (C=O) groups is 3. The van der Waals surface area contributed by atoms with Crippen molar-refractivity contribution in [3.05, 3.63) is 140 Å². The van der Waals surface area contributed by atoms with Crippen LogP contribution in [0.3, 0.4) is 0 Å². The molecule has 4 nitrogen and oxygen atoms in total. The van der Waals surface area contributed by atoms with Gasteiger partial charge in [0.2, 0.25) is 0 Å². The van der Waals surface area contributed by atoms with Crippen LogP contribution in [-0.2, 0) is 0 Å². The van der Waals surface area contributed by atoms with Gasteiger partial charge in [-0.15, -0.1) is 0 Å². The van der Waals surface area contributed by atoms with Gasteiger partial charge in [-0.05, 0) is 48.4 Å². The van der Waals surface area contributed by atoms with E-state index in [0.717, 1.165) is 16.8 Å². The summed E-state index contributed by atoms with van der Waals surface area (Å²) >= 11 is 12.6. The zero-order valence-electron chi connectivity index (χ0n) is 21.5.